The third kappa shape index (κ3) is 2.24. The quantitative estimate of drug-likeness (QED) is 0.644. The summed E-state index contributed by atoms with van der Waals surface area (Å²) in [6.07, 6.45) is 1.77. The number of oxazole rings is 1. The van der Waals surface area contributed by atoms with Gasteiger partial charge in [0, 0.05) is 0 Å². The minimum absolute atomic E-state index is 0.354. The number of benzene rings is 2. The van der Waals surface area contributed by atoms with Gasteiger partial charge in [-0.25, -0.2) is 4.98 Å². The summed E-state index contributed by atoms with van der Waals surface area (Å²) in [6, 6.07) is 19.2. The van der Waals surface area contributed by atoms with Crippen molar-refractivity contribution in [2.45, 2.75) is 0 Å². The van der Waals surface area contributed by atoms with E-state index < -0.39 is 0 Å². The Labute approximate surface area is 110 Å². The largest absolute Gasteiger partial charge is 0.435 e. The van der Waals surface area contributed by atoms with Gasteiger partial charge in [0.2, 0.25) is 5.89 Å². The molecule has 3 heteroatoms. The molecule has 1 heterocycles. The van der Waals surface area contributed by atoms with E-state index in [0.717, 1.165) is 11.1 Å². The molecule has 0 N–H and O–H groups in total. The molecule has 0 fully saturated rings. The van der Waals surface area contributed by atoms with Crippen LogP contribution in [0, 0.1) is 11.3 Å². The van der Waals surface area contributed by atoms with E-state index in [1.165, 1.54) is 0 Å². The number of fused-ring (bicyclic) bond motifs is 1. The van der Waals surface area contributed by atoms with Crippen LogP contribution in [0.1, 0.15) is 11.5 Å². The second-order valence-corrected chi connectivity index (χ2v) is 4.07. The zero-order chi connectivity index (χ0) is 13.1. The average Bonchev–Trinajstić information content (AvgIpc) is 2.89. The van der Waals surface area contributed by atoms with Crippen LogP contribution >= 0.6 is 0 Å². The lowest BCUT2D eigenvalue weighted by Gasteiger charge is -1.93. The van der Waals surface area contributed by atoms with Crippen LogP contribution in [0.3, 0.4) is 0 Å². The maximum absolute atomic E-state index is 9.25. The summed E-state index contributed by atoms with van der Waals surface area (Å²) in [5, 5.41) is 9.25. The Morgan fingerprint density at radius 3 is 2.53 bits per heavy atom. The van der Waals surface area contributed by atoms with Crippen molar-refractivity contribution in [3.63, 3.8) is 0 Å². The van der Waals surface area contributed by atoms with Crippen molar-refractivity contribution in [2.24, 2.45) is 0 Å². The molecular formula is C16H10N2O. The Bertz CT molecular complexity index is 746. The number of nitrogens with zero attached hydrogens (tertiary/aromatic N) is 2. The van der Waals surface area contributed by atoms with Gasteiger partial charge in [0.05, 0.1) is 0 Å². The summed E-state index contributed by atoms with van der Waals surface area (Å²) in [4.78, 5) is 4.32. The lowest BCUT2D eigenvalue weighted by atomic mass is 10.1. The van der Waals surface area contributed by atoms with Gasteiger partial charge in [-0.3, -0.25) is 0 Å². The maximum atomic E-state index is 9.25. The first-order valence-electron chi connectivity index (χ1n) is 5.89. The first-order chi connectivity index (χ1) is 9.36. The van der Waals surface area contributed by atoms with Crippen LogP contribution in [0.2, 0.25) is 0 Å². The molecule has 90 valence electrons. The van der Waals surface area contributed by atoms with Gasteiger partial charge < -0.3 is 4.42 Å². The molecule has 0 bridgehead atoms. The lowest BCUT2D eigenvalue weighted by Crippen LogP contribution is -1.81. The van der Waals surface area contributed by atoms with Crippen LogP contribution in [-0.2, 0) is 0 Å². The monoisotopic (exact) mass is 246 g/mol. The Morgan fingerprint density at radius 2 is 1.79 bits per heavy atom. The second-order valence-electron chi connectivity index (χ2n) is 4.07. The topological polar surface area (TPSA) is 49.8 Å². The summed E-state index contributed by atoms with van der Waals surface area (Å²) in [5.41, 5.74) is 2.81. The Balaban J connectivity index is 2.08. The fraction of sp³-hybridized carbons (Fsp3) is 0. The number of rotatable bonds is 2. The second kappa shape index (κ2) is 4.79. The molecule has 19 heavy (non-hydrogen) atoms. The van der Waals surface area contributed by atoms with E-state index in [2.05, 4.69) is 11.1 Å². The van der Waals surface area contributed by atoms with E-state index in [1.54, 1.807) is 6.08 Å². The molecule has 3 rings (SSSR count). The van der Waals surface area contributed by atoms with Gasteiger partial charge in [-0.15, -0.1) is 0 Å². The molecule has 0 aliphatic rings. The van der Waals surface area contributed by atoms with E-state index in [4.69, 9.17) is 4.42 Å². The van der Waals surface area contributed by atoms with Gasteiger partial charge in [-0.1, -0.05) is 42.5 Å². The van der Waals surface area contributed by atoms with Crippen LogP contribution in [0.15, 0.2) is 59.0 Å². The number of para-hydroxylation sites is 2. The number of hydrogen-bond acceptors (Lipinski definition) is 3. The SMILES string of the molecule is N#CC(=Cc1ccccc1)c1nc2ccccc2o1. The van der Waals surface area contributed by atoms with Crippen LogP contribution in [0.4, 0.5) is 0 Å². The van der Waals surface area contributed by atoms with Gasteiger partial charge in [0.25, 0.3) is 0 Å². The third-order valence-electron chi connectivity index (χ3n) is 2.76. The molecule has 0 amide bonds. The molecule has 2 aromatic carbocycles. The smallest absolute Gasteiger partial charge is 0.238 e. The predicted octanol–water partition coefficient (Wildman–Crippen LogP) is 3.89. The molecule has 0 spiro atoms. The van der Waals surface area contributed by atoms with E-state index in [9.17, 15) is 5.26 Å². The molecule has 0 saturated carbocycles. The number of allylic oxidation sites excluding steroid dienone is 1. The van der Waals surface area contributed by atoms with Crippen LogP contribution in [0.5, 0.6) is 0 Å². The fourth-order valence-corrected chi connectivity index (χ4v) is 1.85. The summed E-state index contributed by atoms with van der Waals surface area (Å²) >= 11 is 0. The minimum atomic E-state index is 0.354. The molecule has 0 atom stereocenters. The molecular weight excluding hydrogens is 236 g/mol. The van der Waals surface area contributed by atoms with Crippen molar-refractivity contribution in [3.05, 3.63) is 66.1 Å². The van der Waals surface area contributed by atoms with E-state index >= 15 is 0 Å². The maximum Gasteiger partial charge on any atom is 0.238 e. The van der Waals surface area contributed by atoms with Crippen molar-refractivity contribution in [1.82, 2.24) is 4.98 Å². The molecule has 0 saturated heterocycles. The normalized spacial score (nSPS) is 11.4. The van der Waals surface area contributed by atoms with Crippen LogP contribution in [-0.4, -0.2) is 4.98 Å². The molecule has 0 aliphatic heterocycles. The van der Waals surface area contributed by atoms with Gasteiger partial charge in [0.1, 0.15) is 17.2 Å². The molecule has 1 aromatic heterocycles. The third-order valence-corrected chi connectivity index (χ3v) is 2.76. The zero-order valence-electron chi connectivity index (χ0n) is 10.1. The van der Waals surface area contributed by atoms with E-state index in [-0.39, 0.29) is 0 Å². The fourth-order valence-electron chi connectivity index (χ4n) is 1.85. The van der Waals surface area contributed by atoms with Crippen LogP contribution < -0.4 is 0 Å². The molecule has 0 radical (unpaired) electrons. The van der Waals surface area contributed by atoms with Gasteiger partial charge in [-0.2, -0.15) is 5.26 Å². The Morgan fingerprint density at radius 1 is 1.05 bits per heavy atom. The van der Waals surface area contributed by atoms with Crippen molar-refractivity contribution >= 4 is 22.7 Å². The highest BCUT2D eigenvalue weighted by Crippen LogP contribution is 2.22. The summed E-state index contributed by atoms with van der Waals surface area (Å²) < 4.78 is 5.59. The van der Waals surface area contributed by atoms with E-state index in [1.807, 2.05) is 54.6 Å². The van der Waals surface area contributed by atoms with E-state index in [0.29, 0.717) is 17.0 Å². The van der Waals surface area contributed by atoms with Crippen LogP contribution in [0.25, 0.3) is 22.7 Å². The Hall–Kier alpha value is -2.86. The zero-order valence-corrected chi connectivity index (χ0v) is 10.1. The molecule has 3 aromatic rings. The first kappa shape index (κ1) is 11.2. The molecule has 0 aliphatic carbocycles. The van der Waals surface area contributed by atoms with Gasteiger partial charge in [0.15, 0.2) is 5.58 Å². The average molecular weight is 246 g/mol. The van der Waals surface area contributed by atoms with Gasteiger partial charge in [-0.05, 0) is 23.8 Å². The lowest BCUT2D eigenvalue weighted by molar-refractivity contribution is 0.586. The Kier molecular flexibility index (Phi) is 2.83. The minimum Gasteiger partial charge on any atom is -0.435 e. The highest BCUT2D eigenvalue weighted by atomic mass is 16.3. The molecule has 3 nitrogen and oxygen atoms in total. The van der Waals surface area contributed by atoms with Gasteiger partial charge >= 0.3 is 0 Å². The van der Waals surface area contributed by atoms with Crippen molar-refractivity contribution in [1.29, 1.82) is 5.26 Å². The first-order valence-corrected chi connectivity index (χ1v) is 5.89. The number of nitriles is 1. The number of aromatic nitrogens is 1. The predicted molar refractivity (Wildman–Crippen MR) is 73.9 cm³/mol. The van der Waals surface area contributed by atoms with Crippen molar-refractivity contribution in [2.75, 3.05) is 0 Å². The summed E-state index contributed by atoms with van der Waals surface area (Å²) in [7, 11) is 0. The highest BCUT2D eigenvalue weighted by molar-refractivity contribution is 5.88. The highest BCUT2D eigenvalue weighted by Gasteiger charge is 2.09. The summed E-state index contributed by atoms with van der Waals surface area (Å²) in [6.45, 7) is 0. The summed E-state index contributed by atoms with van der Waals surface area (Å²) in [5.74, 6) is 0.354. The molecule has 0 unspecified atom stereocenters. The number of hydrogen-bond donors (Lipinski definition) is 0. The van der Waals surface area contributed by atoms with Crippen molar-refractivity contribution < 1.29 is 4.42 Å². The standard InChI is InChI=1S/C16H10N2O/c17-11-13(10-12-6-2-1-3-7-12)16-18-14-8-4-5-9-15(14)19-16/h1-10H. The van der Waals surface area contributed by atoms with Crippen molar-refractivity contribution in [3.8, 4) is 6.07 Å².